The molecule has 0 radical (unpaired) electrons. The molecule has 0 aliphatic heterocycles. The van der Waals surface area contributed by atoms with E-state index in [1.54, 1.807) is 18.3 Å². The Morgan fingerprint density at radius 2 is 2.33 bits per heavy atom. The van der Waals surface area contributed by atoms with E-state index >= 15 is 0 Å². The summed E-state index contributed by atoms with van der Waals surface area (Å²) < 4.78 is 0. The molecule has 1 N–H and O–H groups in total. The topological polar surface area (TPSA) is 47.3 Å². The number of aromatic hydroxyl groups is 1. The third-order valence-electron chi connectivity index (χ3n) is 1.71. The monoisotopic (exact) mass is 164 g/mol. The van der Waals surface area contributed by atoms with Gasteiger partial charge in [-0.2, -0.15) is 0 Å². The van der Waals surface area contributed by atoms with Crippen molar-refractivity contribution in [3.8, 4) is 5.75 Å². The minimum atomic E-state index is 0.173. The van der Waals surface area contributed by atoms with E-state index in [4.69, 9.17) is 4.84 Å². The lowest BCUT2D eigenvalue weighted by Gasteiger charge is -2.00. The summed E-state index contributed by atoms with van der Waals surface area (Å²) in [5.74, 6) is 0.173. The van der Waals surface area contributed by atoms with Crippen LogP contribution in [0.15, 0.2) is 24.4 Å². The lowest BCUT2D eigenvalue weighted by atomic mass is 10.2. The fourth-order valence-electron chi connectivity index (χ4n) is 1.17. The smallest absolute Gasteiger partial charge is 0.151 e. The summed E-state index contributed by atoms with van der Waals surface area (Å²) in [6, 6.07) is 5.22. The van der Waals surface area contributed by atoms with Crippen molar-refractivity contribution in [1.82, 2.24) is 9.94 Å². The standard InChI is InChI=1S/C8H8N2O2/c1-12-10-8-6(5-9-10)3-2-4-7(8)11/h2-5,11H,1H3. The Bertz CT molecular complexity index is 408. The van der Waals surface area contributed by atoms with Gasteiger partial charge in [0.1, 0.15) is 12.9 Å². The predicted molar refractivity (Wildman–Crippen MR) is 43.9 cm³/mol. The first-order valence-electron chi connectivity index (χ1n) is 3.53. The fourth-order valence-corrected chi connectivity index (χ4v) is 1.17. The Morgan fingerprint density at radius 3 is 3.08 bits per heavy atom. The van der Waals surface area contributed by atoms with Gasteiger partial charge in [0, 0.05) is 5.39 Å². The quantitative estimate of drug-likeness (QED) is 0.678. The van der Waals surface area contributed by atoms with Gasteiger partial charge >= 0.3 is 0 Å². The average molecular weight is 164 g/mol. The molecule has 0 saturated carbocycles. The van der Waals surface area contributed by atoms with Crippen molar-refractivity contribution < 1.29 is 9.94 Å². The molecule has 0 aliphatic carbocycles. The van der Waals surface area contributed by atoms with E-state index in [2.05, 4.69) is 5.10 Å². The summed E-state index contributed by atoms with van der Waals surface area (Å²) in [5, 5.41) is 14.2. The molecular weight excluding hydrogens is 156 g/mol. The molecule has 1 heterocycles. The van der Waals surface area contributed by atoms with Gasteiger partial charge in [-0.15, -0.1) is 5.10 Å². The second-order valence-corrected chi connectivity index (χ2v) is 2.42. The Kier molecular flexibility index (Phi) is 1.40. The SMILES string of the molecule is COn1ncc2cccc(O)c21. The number of phenols is 1. The molecule has 2 rings (SSSR count). The van der Waals surface area contributed by atoms with Crippen LogP contribution in [-0.4, -0.2) is 22.2 Å². The molecule has 1 aromatic heterocycles. The molecule has 4 heteroatoms. The van der Waals surface area contributed by atoms with Crippen LogP contribution in [0.3, 0.4) is 0 Å². The van der Waals surface area contributed by atoms with Gasteiger partial charge in [0.15, 0.2) is 5.52 Å². The molecule has 0 saturated heterocycles. The first-order valence-corrected chi connectivity index (χ1v) is 3.53. The van der Waals surface area contributed by atoms with Crippen LogP contribution in [0.5, 0.6) is 5.75 Å². The highest BCUT2D eigenvalue weighted by atomic mass is 16.7. The fraction of sp³-hybridized carbons (Fsp3) is 0.125. The molecule has 4 nitrogen and oxygen atoms in total. The van der Waals surface area contributed by atoms with Crippen LogP contribution in [-0.2, 0) is 0 Å². The number of nitrogens with zero attached hydrogens (tertiary/aromatic N) is 2. The lowest BCUT2D eigenvalue weighted by Crippen LogP contribution is -2.06. The van der Waals surface area contributed by atoms with Crippen molar-refractivity contribution in [2.45, 2.75) is 0 Å². The van der Waals surface area contributed by atoms with E-state index in [9.17, 15) is 5.11 Å². The second-order valence-electron chi connectivity index (χ2n) is 2.42. The van der Waals surface area contributed by atoms with Crippen LogP contribution in [0.25, 0.3) is 10.9 Å². The van der Waals surface area contributed by atoms with Crippen molar-refractivity contribution >= 4 is 10.9 Å². The van der Waals surface area contributed by atoms with Crippen molar-refractivity contribution in [1.29, 1.82) is 0 Å². The van der Waals surface area contributed by atoms with Crippen LogP contribution >= 0.6 is 0 Å². The van der Waals surface area contributed by atoms with Crippen molar-refractivity contribution in [3.63, 3.8) is 0 Å². The maximum atomic E-state index is 9.43. The van der Waals surface area contributed by atoms with Gasteiger partial charge in [-0.1, -0.05) is 17.0 Å². The van der Waals surface area contributed by atoms with Crippen molar-refractivity contribution in [3.05, 3.63) is 24.4 Å². The average Bonchev–Trinajstić information content (AvgIpc) is 2.49. The van der Waals surface area contributed by atoms with Gasteiger partial charge in [0.25, 0.3) is 0 Å². The molecule has 12 heavy (non-hydrogen) atoms. The Morgan fingerprint density at radius 1 is 1.50 bits per heavy atom. The minimum Gasteiger partial charge on any atom is -0.506 e. The molecular formula is C8H8N2O2. The first kappa shape index (κ1) is 6.97. The molecule has 0 bridgehead atoms. The molecule has 0 fully saturated rings. The van der Waals surface area contributed by atoms with E-state index in [0.29, 0.717) is 5.52 Å². The zero-order chi connectivity index (χ0) is 8.55. The highest BCUT2D eigenvalue weighted by Crippen LogP contribution is 2.22. The lowest BCUT2D eigenvalue weighted by molar-refractivity contribution is 0.144. The Labute approximate surface area is 68.9 Å². The second kappa shape index (κ2) is 2.41. The van der Waals surface area contributed by atoms with Crippen molar-refractivity contribution in [2.75, 3.05) is 7.11 Å². The number of para-hydroxylation sites is 1. The van der Waals surface area contributed by atoms with Gasteiger partial charge in [0.2, 0.25) is 0 Å². The first-order chi connectivity index (χ1) is 5.83. The summed E-state index contributed by atoms with van der Waals surface area (Å²) in [7, 11) is 1.50. The van der Waals surface area contributed by atoms with E-state index in [1.807, 2.05) is 6.07 Å². The molecule has 0 unspecified atom stereocenters. The van der Waals surface area contributed by atoms with Crippen LogP contribution in [0.2, 0.25) is 0 Å². The van der Waals surface area contributed by atoms with Crippen LogP contribution in [0.1, 0.15) is 0 Å². The van der Waals surface area contributed by atoms with Gasteiger partial charge < -0.3 is 9.94 Å². The van der Waals surface area contributed by atoms with E-state index < -0.39 is 0 Å². The minimum absolute atomic E-state index is 0.173. The molecule has 0 aliphatic rings. The number of hydrogen-bond donors (Lipinski definition) is 1. The molecule has 0 amide bonds. The number of hydrogen-bond acceptors (Lipinski definition) is 3. The normalized spacial score (nSPS) is 10.4. The molecule has 0 spiro atoms. The number of fused-ring (bicyclic) bond motifs is 1. The number of benzene rings is 1. The molecule has 62 valence electrons. The summed E-state index contributed by atoms with van der Waals surface area (Å²) in [4.78, 5) is 6.18. The summed E-state index contributed by atoms with van der Waals surface area (Å²) in [6.07, 6.45) is 1.64. The summed E-state index contributed by atoms with van der Waals surface area (Å²) in [5.41, 5.74) is 0.597. The zero-order valence-corrected chi connectivity index (χ0v) is 6.56. The molecule has 0 atom stereocenters. The highest BCUT2D eigenvalue weighted by Gasteiger charge is 2.05. The maximum absolute atomic E-state index is 9.43. The van der Waals surface area contributed by atoms with Crippen molar-refractivity contribution in [2.24, 2.45) is 0 Å². The summed E-state index contributed by atoms with van der Waals surface area (Å²) in [6.45, 7) is 0. The van der Waals surface area contributed by atoms with E-state index in [0.717, 1.165) is 5.39 Å². The van der Waals surface area contributed by atoms with Crippen LogP contribution in [0.4, 0.5) is 0 Å². The molecule has 1 aromatic carbocycles. The van der Waals surface area contributed by atoms with Gasteiger partial charge in [-0.05, 0) is 6.07 Å². The molecule has 2 aromatic rings. The third kappa shape index (κ3) is 0.812. The number of aromatic nitrogens is 2. The Balaban J connectivity index is 2.83. The summed E-state index contributed by atoms with van der Waals surface area (Å²) >= 11 is 0. The van der Waals surface area contributed by atoms with Gasteiger partial charge in [-0.3, -0.25) is 0 Å². The maximum Gasteiger partial charge on any atom is 0.151 e. The van der Waals surface area contributed by atoms with Crippen LogP contribution < -0.4 is 4.84 Å². The van der Waals surface area contributed by atoms with Gasteiger partial charge in [-0.25, -0.2) is 0 Å². The number of phenolic OH excluding ortho intramolecular Hbond substituents is 1. The third-order valence-corrected chi connectivity index (χ3v) is 1.71. The van der Waals surface area contributed by atoms with Crippen LogP contribution in [0, 0.1) is 0 Å². The largest absolute Gasteiger partial charge is 0.506 e. The van der Waals surface area contributed by atoms with E-state index in [1.165, 1.54) is 12.0 Å². The Hall–Kier alpha value is -1.71. The highest BCUT2D eigenvalue weighted by molar-refractivity contribution is 5.83. The zero-order valence-electron chi connectivity index (χ0n) is 6.56. The van der Waals surface area contributed by atoms with Gasteiger partial charge in [0.05, 0.1) is 6.20 Å². The van der Waals surface area contributed by atoms with E-state index in [-0.39, 0.29) is 5.75 Å². The number of rotatable bonds is 1. The predicted octanol–water partition coefficient (Wildman–Crippen LogP) is 0.800.